The van der Waals surface area contributed by atoms with Gasteiger partial charge in [-0.05, 0) is 100 Å². The zero-order valence-electron chi connectivity index (χ0n) is 28.9. The lowest BCUT2D eigenvalue weighted by Crippen LogP contribution is -2.31. The number of benzene rings is 3. The van der Waals surface area contributed by atoms with Gasteiger partial charge in [-0.25, -0.2) is 0 Å². The van der Waals surface area contributed by atoms with Crippen molar-refractivity contribution >= 4 is 11.4 Å². The molecule has 46 heavy (non-hydrogen) atoms. The molecule has 6 rings (SSSR count). The molecule has 3 aromatic carbocycles. The van der Waals surface area contributed by atoms with E-state index < -0.39 is 0 Å². The van der Waals surface area contributed by atoms with Crippen molar-refractivity contribution in [2.45, 2.75) is 89.9 Å². The van der Waals surface area contributed by atoms with Gasteiger partial charge >= 0.3 is 0 Å². The van der Waals surface area contributed by atoms with E-state index in [1.165, 1.54) is 31.2 Å². The average molecular weight is 627 g/mol. The summed E-state index contributed by atoms with van der Waals surface area (Å²) in [5, 5.41) is 3.88. The predicted octanol–water partition coefficient (Wildman–Crippen LogP) is 8.45. The van der Waals surface area contributed by atoms with Crippen LogP contribution in [0.15, 0.2) is 60.7 Å². The molecule has 2 saturated heterocycles. The van der Waals surface area contributed by atoms with E-state index in [0.717, 1.165) is 72.4 Å². The van der Waals surface area contributed by atoms with Crippen LogP contribution < -0.4 is 24.4 Å². The minimum absolute atomic E-state index is 0.0407. The molecule has 0 aromatic heterocycles. The molecular weight excluding hydrogens is 572 g/mol. The Balaban J connectivity index is 1.27. The molecule has 2 fully saturated rings. The second-order valence-electron chi connectivity index (χ2n) is 14.5. The number of rotatable bonds is 12. The van der Waals surface area contributed by atoms with Crippen LogP contribution in [0.3, 0.4) is 0 Å². The maximum atomic E-state index is 6.66. The number of likely N-dealkylation sites (N-methyl/N-ethyl adjacent to an activating group) is 2. The highest BCUT2D eigenvalue weighted by atomic mass is 16.5. The zero-order chi connectivity index (χ0) is 32.3. The minimum Gasteiger partial charge on any atom is -0.492 e. The molecule has 3 aromatic rings. The van der Waals surface area contributed by atoms with Crippen LogP contribution in [0.25, 0.3) is 0 Å². The summed E-state index contributed by atoms with van der Waals surface area (Å²) in [4.78, 5) is 7.32. The van der Waals surface area contributed by atoms with E-state index in [1.54, 1.807) is 0 Å². The number of nitrogens with one attached hydrogen (secondary N) is 1. The molecule has 3 aliphatic heterocycles. The molecule has 7 heteroatoms. The first-order chi connectivity index (χ1) is 22.2. The molecule has 1 N–H and O–H groups in total. The van der Waals surface area contributed by atoms with Gasteiger partial charge in [0, 0.05) is 30.8 Å². The molecular formula is C39H54N4O3. The van der Waals surface area contributed by atoms with Crippen LogP contribution in [0.2, 0.25) is 0 Å². The van der Waals surface area contributed by atoms with Gasteiger partial charge in [0.2, 0.25) is 0 Å². The summed E-state index contributed by atoms with van der Waals surface area (Å²) in [6, 6.07) is 22.2. The van der Waals surface area contributed by atoms with E-state index in [-0.39, 0.29) is 11.6 Å². The van der Waals surface area contributed by atoms with Gasteiger partial charge in [0.05, 0.1) is 5.69 Å². The topological polar surface area (TPSA) is 49.4 Å². The number of anilines is 2. The minimum atomic E-state index is -0.0407. The maximum Gasteiger partial charge on any atom is 0.148 e. The summed E-state index contributed by atoms with van der Waals surface area (Å²) in [6.45, 7) is 13.5. The van der Waals surface area contributed by atoms with Crippen LogP contribution in [-0.2, 0) is 5.41 Å². The lowest BCUT2D eigenvalue weighted by atomic mass is 9.87. The third-order valence-electron chi connectivity index (χ3n) is 10.1. The van der Waals surface area contributed by atoms with Gasteiger partial charge in [0.15, 0.2) is 0 Å². The average Bonchev–Trinajstić information content (AvgIpc) is 3.75. The van der Waals surface area contributed by atoms with Crippen molar-refractivity contribution in [2.75, 3.05) is 57.2 Å². The van der Waals surface area contributed by atoms with Crippen LogP contribution in [0, 0.1) is 0 Å². The molecule has 248 valence electrons. The van der Waals surface area contributed by atoms with Crippen molar-refractivity contribution in [1.82, 2.24) is 9.80 Å². The third-order valence-corrected chi connectivity index (χ3v) is 10.1. The fraction of sp³-hybridized carbons (Fsp3) is 0.538. The lowest BCUT2D eigenvalue weighted by molar-refractivity contribution is 0.192. The predicted molar refractivity (Wildman–Crippen MR) is 189 cm³/mol. The van der Waals surface area contributed by atoms with Gasteiger partial charge in [-0.3, -0.25) is 0 Å². The van der Waals surface area contributed by atoms with E-state index >= 15 is 0 Å². The molecule has 7 nitrogen and oxygen atoms in total. The van der Waals surface area contributed by atoms with Crippen LogP contribution in [-0.4, -0.2) is 68.8 Å². The molecule has 3 unspecified atom stereocenters. The quantitative estimate of drug-likeness (QED) is 0.216. The zero-order valence-corrected chi connectivity index (χ0v) is 28.9. The van der Waals surface area contributed by atoms with E-state index in [2.05, 4.69) is 116 Å². The lowest BCUT2D eigenvalue weighted by Gasteiger charge is -2.27. The van der Waals surface area contributed by atoms with Gasteiger partial charge in [-0.15, -0.1) is 0 Å². The van der Waals surface area contributed by atoms with Crippen molar-refractivity contribution < 1.29 is 14.2 Å². The highest BCUT2D eigenvalue weighted by Crippen LogP contribution is 2.49. The number of nitrogens with zero attached hydrogens (tertiary/aromatic N) is 3. The summed E-state index contributed by atoms with van der Waals surface area (Å²) in [5.41, 5.74) is 4.76. The SMILES string of the molecule is CCCCN1c2cc(OCC3CCCN3C)cc(OCC3CCCN3C)c2NC1c1cccc(Oc2ccc(C(C)(C)C)cc2)c1. The molecule has 3 atom stereocenters. The number of likely N-dealkylation sites (tertiary alicyclic amines) is 2. The molecule has 0 radical (unpaired) electrons. The number of unbranched alkanes of at least 4 members (excludes halogenated alkanes) is 1. The Kier molecular flexibility index (Phi) is 10.00. The summed E-state index contributed by atoms with van der Waals surface area (Å²) in [5.74, 6) is 3.44. The largest absolute Gasteiger partial charge is 0.492 e. The second-order valence-corrected chi connectivity index (χ2v) is 14.5. The summed E-state index contributed by atoms with van der Waals surface area (Å²) in [6.07, 6.45) is 6.99. The summed E-state index contributed by atoms with van der Waals surface area (Å²) < 4.78 is 19.6. The Morgan fingerprint density at radius 3 is 2.13 bits per heavy atom. The van der Waals surface area contributed by atoms with E-state index in [1.807, 2.05) is 6.07 Å². The van der Waals surface area contributed by atoms with E-state index in [4.69, 9.17) is 14.2 Å². The molecule has 0 spiro atoms. The van der Waals surface area contributed by atoms with Crippen molar-refractivity contribution in [3.8, 4) is 23.0 Å². The molecule has 0 aliphatic carbocycles. The Hall–Kier alpha value is -3.42. The maximum absolute atomic E-state index is 6.66. The van der Waals surface area contributed by atoms with Gasteiger partial charge in [-0.2, -0.15) is 0 Å². The first-order valence-corrected chi connectivity index (χ1v) is 17.5. The van der Waals surface area contributed by atoms with Crippen LogP contribution in [0.5, 0.6) is 23.0 Å². The van der Waals surface area contributed by atoms with Crippen LogP contribution >= 0.6 is 0 Å². The van der Waals surface area contributed by atoms with Gasteiger partial charge in [0.25, 0.3) is 0 Å². The number of hydrogen-bond acceptors (Lipinski definition) is 7. The highest BCUT2D eigenvalue weighted by Gasteiger charge is 2.34. The normalized spacial score (nSPS) is 21.8. The number of fused-ring (bicyclic) bond motifs is 1. The summed E-state index contributed by atoms with van der Waals surface area (Å²) in [7, 11) is 4.41. The smallest absolute Gasteiger partial charge is 0.148 e. The molecule has 0 amide bonds. The Morgan fingerprint density at radius 1 is 0.804 bits per heavy atom. The fourth-order valence-electron chi connectivity index (χ4n) is 7.01. The Labute approximate surface area is 276 Å². The highest BCUT2D eigenvalue weighted by molar-refractivity contribution is 5.84. The van der Waals surface area contributed by atoms with Crippen LogP contribution in [0.1, 0.15) is 83.5 Å². The van der Waals surface area contributed by atoms with Crippen LogP contribution in [0.4, 0.5) is 11.4 Å². The van der Waals surface area contributed by atoms with E-state index in [0.29, 0.717) is 25.3 Å². The standard InChI is InChI=1S/C39H54N4O3/c1-7-8-22-43-35-24-34(44-26-30-13-10-20-41(30)5)25-36(45-27-31-14-11-21-42(31)6)37(35)40-38(43)28-12-9-15-33(23-28)46-32-18-16-29(17-19-32)39(2,3)4/h9,12,15-19,23-25,30-31,38,40H,7-8,10-11,13-14,20-22,26-27H2,1-6H3. The van der Waals surface area contributed by atoms with Gasteiger partial charge < -0.3 is 34.2 Å². The molecule has 0 bridgehead atoms. The third kappa shape index (κ3) is 7.42. The monoisotopic (exact) mass is 626 g/mol. The molecule has 3 aliphatic rings. The fourth-order valence-corrected chi connectivity index (χ4v) is 7.01. The van der Waals surface area contributed by atoms with Crippen molar-refractivity contribution in [1.29, 1.82) is 0 Å². The Morgan fingerprint density at radius 2 is 1.50 bits per heavy atom. The number of ether oxygens (including phenoxy) is 3. The van der Waals surface area contributed by atoms with Gasteiger partial charge in [0.1, 0.15) is 48.1 Å². The molecule has 3 heterocycles. The number of hydrogen-bond donors (Lipinski definition) is 1. The first kappa shape index (κ1) is 32.5. The first-order valence-electron chi connectivity index (χ1n) is 17.5. The van der Waals surface area contributed by atoms with Crippen molar-refractivity contribution in [3.05, 3.63) is 71.8 Å². The second kappa shape index (κ2) is 14.1. The van der Waals surface area contributed by atoms with E-state index in [9.17, 15) is 0 Å². The molecule has 0 saturated carbocycles. The summed E-state index contributed by atoms with van der Waals surface area (Å²) >= 11 is 0. The van der Waals surface area contributed by atoms with Crippen molar-refractivity contribution in [2.24, 2.45) is 0 Å². The Bertz CT molecular complexity index is 1450. The van der Waals surface area contributed by atoms with Crippen molar-refractivity contribution in [3.63, 3.8) is 0 Å². The van der Waals surface area contributed by atoms with Gasteiger partial charge in [-0.1, -0.05) is 58.4 Å².